The van der Waals surface area contributed by atoms with Gasteiger partial charge in [0.05, 0.1) is 14.6 Å². The van der Waals surface area contributed by atoms with Gasteiger partial charge in [0.15, 0.2) is 0 Å². The van der Waals surface area contributed by atoms with E-state index in [1.54, 1.807) is 0 Å². The Balaban J connectivity index is 3.47. The summed E-state index contributed by atoms with van der Waals surface area (Å²) in [7, 11) is -3.04. The minimum absolute atomic E-state index is 0.117. The van der Waals surface area contributed by atoms with E-state index in [2.05, 4.69) is 0 Å². The van der Waals surface area contributed by atoms with Crippen molar-refractivity contribution in [3.63, 3.8) is 0 Å². The molecule has 0 radical (unpaired) electrons. The summed E-state index contributed by atoms with van der Waals surface area (Å²) in [6, 6.07) is 1.88. The van der Waals surface area contributed by atoms with Crippen LogP contribution in [0.1, 0.15) is 5.56 Å². The molecule has 0 aliphatic rings. The van der Waals surface area contributed by atoms with Crippen molar-refractivity contribution in [1.29, 1.82) is 4.78 Å². The van der Waals surface area contributed by atoms with E-state index in [1.807, 2.05) is 0 Å². The Morgan fingerprint density at radius 3 is 2.00 bits per heavy atom. The highest BCUT2D eigenvalue weighted by Crippen LogP contribution is 2.17. The van der Waals surface area contributed by atoms with Crippen LogP contribution in [0.3, 0.4) is 0 Å². The molecule has 0 saturated heterocycles. The molecule has 0 aliphatic heterocycles. The third-order valence-electron chi connectivity index (χ3n) is 1.70. The van der Waals surface area contributed by atoms with Crippen molar-refractivity contribution in [3.05, 3.63) is 29.3 Å². The lowest BCUT2D eigenvalue weighted by Crippen LogP contribution is -1.99. The van der Waals surface area contributed by atoms with Gasteiger partial charge in [-0.3, -0.25) is 0 Å². The van der Waals surface area contributed by atoms with Gasteiger partial charge in [-0.05, 0) is 19.1 Å². The first-order chi connectivity index (χ1) is 5.82. The fraction of sp³-hybridized carbons (Fsp3) is 0.250. The third-order valence-corrected chi connectivity index (χ3v) is 2.84. The monoisotopic (exact) mass is 205 g/mol. The van der Waals surface area contributed by atoms with Crippen molar-refractivity contribution in [3.8, 4) is 0 Å². The van der Waals surface area contributed by atoms with Crippen molar-refractivity contribution >= 4 is 9.73 Å². The highest BCUT2D eigenvalue weighted by Gasteiger charge is 2.10. The fourth-order valence-corrected chi connectivity index (χ4v) is 1.50. The van der Waals surface area contributed by atoms with Crippen LogP contribution in [0, 0.1) is 23.3 Å². The quantitative estimate of drug-likeness (QED) is 0.750. The predicted octanol–water partition coefficient (Wildman–Crippen LogP) is 2.31. The first-order valence-corrected chi connectivity index (χ1v) is 5.48. The molecule has 5 heteroatoms. The average Bonchev–Trinajstić information content (AvgIpc) is 1.97. The maximum atomic E-state index is 12.9. The van der Waals surface area contributed by atoms with Crippen molar-refractivity contribution in [2.45, 2.75) is 11.8 Å². The molecule has 0 fully saturated rings. The fourth-order valence-electron chi connectivity index (χ4n) is 0.847. The van der Waals surface area contributed by atoms with Crippen molar-refractivity contribution < 1.29 is 13.0 Å². The van der Waals surface area contributed by atoms with Crippen LogP contribution >= 0.6 is 0 Å². The van der Waals surface area contributed by atoms with Gasteiger partial charge in [0.25, 0.3) is 0 Å². The van der Waals surface area contributed by atoms with Gasteiger partial charge < -0.3 is 0 Å². The van der Waals surface area contributed by atoms with Crippen molar-refractivity contribution in [1.82, 2.24) is 0 Å². The van der Waals surface area contributed by atoms with Crippen LogP contribution in [-0.4, -0.2) is 10.5 Å². The van der Waals surface area contributed by atoms with Crippen LogP contribution in [0.4, 0.5) is 8.78 Å². The van der Waals surface area contributed by atoms with E-state index >= 15 is 0 Å². The number of nitrogens with one attached hydrogen (secondary N) is 1. The van der Waals surface area contributed by atoms with E-state index in [0.29, 0.717) is 0 Å². The van der Waals surface area contributed by atoms with Crippen molar-refractivity contribution in [2.24, 2.45) is 0 Å². The second kappa shape index (κ2) is 3.06. The van der Waals surface area contributed by atoms with Crippen molar-refractivity contribution in [2.75, 3.05) is 6.26 Å². The Morgan fingerprint density at radius 2 is 1.69 bits per heavy atom. The first kappa shape index (κ1) is 10.1. The maximum Gasteiger partial charge on any atom is 0.130 e. The molecule has 0 spiro atoms. The lowest BCUT2D eigenvalue weighted by molar-refractivity contribution is 0.561. The number of hydrogen-bond donors (Lipinski definition) is 1. The third kappa shape index (κ3) is 2.03. The van der Waals surface area contributed by atoms with Gasteiger partial charge in [0.1, 0.15) is 11.6 Å². The Kier molecular flexibility index (Phi) is 2.38. The summed E-state index contributed by atoms with van der Waals surface area (Å²) in [6.07, 6.45) is 1.12. The van der Waals surface area contributed by atoms with Crippen LogP contribution in [-0.2, 0) is 9.73 Å². The smallest absolute Gasteiger partial charge is 0.130 e. The van der Waals surface area contributed by atoms with Gasteiger partial charge >= 0.3 is 0 Å². The largest absolute Gasteiger partial charge is 0.249 e. The second-order valence-corrected chi connectivity index (χ2v) is 5.01. The average molecular weight is 205 g/mol. The summed E-state index contributed by atoms with van der Waals surface area (Å²) in [5.41, 5.74) is -0.118. The SMILES string of the molecule is Cc1c(F)cc(S(C)(=N)=O)cc1F. The summed E-state index contributed by atoms with van der Waals surface area (Å²) in [4.78, 5) is -0.117. The summed E-state index contributed by atoms with van der Waals surface area (Å²) >= 11 is 0. The van der Waals surface area contributed by atoms with Gasteiger partial charge in [-0.2, -0.15) is 0 Å². The molecule has 1 aromatic carbocycles. The van der Waals surface area contributed by atoms with Crippen LogP contribution < -0.4 is 0 Å². The zero-order valence-corrected chi connectivity index (χ0v) is 8.04. The molecule has 1 atom stereocenters. The molecule has 1 unspecified atom stereocenters. The standard InChI is InChI=1S/C8H9F2NOS/c1-5-7(9)3-6(4-8(5)10)13(2,11)12/h3-4,11H,1-2H3. The Hall–Kier alpha value is -0.970. The molecular weight excluding hydrogens is 196 g/mol. The minimum Gasteiger partial charge on any atom is -0.249 e. The van der Waals surface area contributed by atoms with E-state index in [4.69, 9.17) is 4.78 Å². The topological polar surface area (TPSA) is 40.9 Å². The van der Waals surface area contributed by atoms with Gasteiger partial charge in [0, 0.05) is 11.8 Å². The van der Waals surface area contributed by atoms with E-state index < -0.39 is 21.4 Å². The maximum absolute atomic E-state index is 12.9. The van der Waals surface area contributed by atoms with E-state index in [0.717, 1.165) is 18.4 Å². The van der Waals surface area contributed by atoms with Crippen LogP contribution in [0.25, 0.3) is 0 Å². The summed E-state index contributed by atoms with van der Waals surface area (Å²) in [5.74, 6) is -1.53. The molecule has 0 amide bonds. The Bertz CT molecular complexity index is 416. The normalized spacial score (nSPS) is 15.4. The zero-order valence-electron chi connectivity index (χ0n) is 7.23. The minimum atomic E-state index is -3.04. The molecule has 2 nitrogen and oxygen atoms in total. The molecule has 0 saturated carbocycles. The predicted molar refractivity (Wildman–Crippen MR) is 46.1 cm³/mol. The number of halogens is 2. The lowest BCUT2D eigenvalue weighted by Gasteiger charge is -2.04. The summed E-state index contributed by atoms with van der Waals surface area (Å²) < 4.78 is 44.1. The van der Waals surface area contributed by atoms with Gasteiger partial charge in [0.2, 0.25) is 0 Å². The molecule has 13 heavy (non-hydrogen) atoms. The summed E-state index contributed by atoms with van der Waals surface area (Å²) in [5, 5.41) is 0. The molecule has 0 aromatic heterocycles. The van der Waals surface area contributed by atoms with Gasteiger partial charge in [-0.1, -0.05) is 0 Å². The molecule has 72 valence electrons. The van der Waals surface area contributed by atoms with E-state index in [1.165, 1.54) is 6.92 Å². The second-order valence-electron chi connectivity index (χ2n) is 2.86. The number of hydrogen-bond acceptors (Lipinski definition) is 2. The summed E-state index contributed by atoms with van der Waals surface area (Å²) in [6.45, 7) is 1.29. The number of benzene rings is 1. The molecule has 1 rings (SSSR count). The van der Waals surface area contributed by atoms with E-state index in [-0.39, 0.29) is 10.5 Å². The molecular formula is C8H9F2NOS. The Morgan fingerprint density at radius 1 is 1.31 bits per heavy atom. The van der Waals surface area contributed by atoms with Crippen LogP contribution in [0.5, 0.6) is 0 Å². The highest BCUT2D eigenvalue weighted by molar-refractivity contribution is 7.91. The molecule has 1 N–H and O–H groups in total. The first-order valence-electron chi connectivity index (χ1n) is 3.52. The van der Waals surface area contributed by atoms with Crippen LogP contribution in [0.15, 0.2) is 17.0 Å². The Labute approximate surface area is 75.6 Å². The zero-order chi connectivity index (χ0) is 10.2. The van der Waals surface area contributed by atoms with Crippen LogP contribution in [0.2, 0.25) is 0 Å². The van der Waals surface area contributed by atoms with Gasteiger partial charge in [-0.15, -0.1) is 0 Å². The highest BCUT2D eigenvalue weighted by atomic mass is 32.2. The number of rotatable bonds is 1. The molecule has 1 aromatic rings. The lowest BCUT2D eigenvalue weighted by atomic mass is 10.2. The van der Waals surface area contributed by atoms with Gasteiger partial charge in [-0.25, -0.2) is 17.8 Å². The van der Waals surface area contributed by atoms with E-state index in [9.17, 15) is 13.0 Å². The molecule has 0 aliphatic carbocycles. The molecule has 0 bridgehead atoms. The molecule has 0 heterocycles.